The van der Waals surface area contributed by atoms with Gasteiger partial charge in [0.2, 0.25) is 0 Å². The molecule has 0 bridgehead atoms. The van der Waals surface area contributed by atoms with Crippen molar-refractivity contribution in [3.05, 3.63) is 63.6 Å². The minimum Gasteiger partial charge on any atom is -0.452 e. The van der Waals surface area contributed by atoms with Gasteiger partial charge in [-0.1, -0.05) is 41.4 Å². The van der Waals surface area contributed by atoms with Crippen LogP contribution in [0, 0.1) is 0 Å². The molecule has 0 aliphatic carbocycles. The molecule has 0 spiro atoms. The molecule has 27 heavy (non-hydrogen) atoms. The number of aliphatic hydroxyl groups excluding tert-OH is 1. The van der Waals surface area contributed by atoms with Gasteiger partial charge in [-0.2, -0.15) is 0 Å². The fourth-order valence-electron chi connectivity index (χ4n) is 2.36. The Bertz CT molecular complexity index is 814. The third-order valence-corrected chi connectivity index (χ3v) is 4.47. The highest BCUT2D eigenvalue weighted by Gasteiger charge is 2.16. The normalized spacial score (nSPS) is 11.6. The quantitative estimate of drug-likeness (QED) is 0.580. The predicted octanol–water partition coefficient (Wildman–Crippen LogP) is 3.43. The zero-order valence-electron chi connectivity index (χ0n) is 14.7. The number of benzene rings is 2. The van der Waals surface area contributed by atoms with Crippen molar-refractivity contribution < 1.29 is 19.4 Å². The third kappa shape index (κ3) is 6.13. The average molecular weight is 411 g/mol. The Morgan fingerprint density at radius 1 is 1.15 bits per heavy atom. The average Bonchev–Trinajstić information content (AvgIpc) is 2.66. The van der Waals surface area contributed by atoms with Crippen LogP contribution in [0.3, 0.4) is 0 Å². The van der Waals surface area contributed by atoms with E-state index in [-0.39, 0.29) is 18.2 Å². The molecule has 6 nitrogen and oxygen atoms in total. The van der Waals surface area contributed by atoms with Crippen LogP contribution in [0.5, 0.6) is 0 Å². The number of para-hydroxylation sites is 1. The highest BCUT2D eigenvalue weighted by Crippen LogP contribution is 2.25. The summed E-state index contributed by atoms with van der Waals surface area (Å²) in [5.74, 6) is -1.07. The number of anilines is 1. The number of rotatable bonds is 8. The van der Waals surface area contributed by atoms with E-state index in [0.29, 0.717) is 22.3 Å². The third-order valence-electron chi connectivity index (χ3n) is 3.73. The first-order valence-electron chi connectivity index (χ1n) is 8.27. The lowest BCUT2D eigenvalue weighted by Crippen LogP contribution is -2.31. The smallest absolute Gasteiger partial charge is 0.340 e. The van der Waals surface area contributed by atoms with Crippen LogP contribution in [0.1, 0.15) is 28.9 Å². The van der Waals surface area contributed by atoms with Gasteiger partial charge in [0.15, 0.2) is 6.61 Å². The first-order valence-corrected chi connectivity index (χ1v) is 9.03. The summed E-state index contributed by atoms with van der Waals surface area (Å²) in [6.45, 7) is 1.59. The van der Waals surface area contributed by atoms with Crippen LogP contribution in [-0.4, -0.2) is 36.7 Å². The van der Waals surface area contributed by atoms with E-state index in [2.05, 4.69) is 10.6 Å². The number of hydrogen-bond donors (Lipinski definition) is 3. The molecule has 0 aliphatic heterocycles. The largest absolute Gasteiger partial charge is 0.452 e. The van der Waals surface area contributed by atoms with Crippen LogP contribution in [0.25, 0.3) is 0 Å². The number of nitrogens with one attached hydrogen (secondary N) is 2. The van der Waals surface area contributed by atoms with Crippen molar-refractivity contribution in [3.63, 3.8) is 0 Å². The fourth-order valence-corrected chi connectivity index (χ4v) is 2.67. The number of carbonyl (C=O) groups is 2. The molecule has 2 aromatic rings. The molecular weight excluding hydrogens is 391 g/mol. The summed E-state index contributed by atoms with van der Waals surface area (Å²) in [6.07, 6.45) is 0. The number of hydrogen-bond acceptors (Lipinski definition) is 5. The molecule has 3 N–H and O–H groups in total. The van der Waals surface area contributed by atoms with E-state index in [1.807, 2.05) is 0 Å². The van der Waals surface area contributed by atoms with Crippen molar-refractivity contribution in [1.82, 2.24) is 5.32 Å². The van der Waals surface area contributed by atoms with Crippen molar-refractivity contribution in [2.75, 3.05) is 25.1 Å². The number of halogens is 2. The Labute approximate surface area is 167 Å². The van der Waals surface area contributed by atoms with Gasteiger partial charge in [-0.25, -0.2) is 4.79 Å². The van der Waals surface area contributed by atoms with Crippen LogP contribution in [0.4, 0.5) is 5.69 Å². The molecule has 2 aromatic carbocycles. The van der Waals surface area contributed by atoms with E-state index in [1.165, 1.54) is 0 Å². The summed E-state index contributed by atoms with van der Waals surface area (Å²) >= 11 is 11.9. The molecule has 0 aromatic heterocycles. The van der Waals surface area contributed by atoms with Gasteiger partial charge in [0, 0.05) is 12.2 Å². The molecule has 0 aliphatic rings. The van der Waals surface area contributed by atoms with Gasteiger partial charge in [0.1, 0.15) is 0 Å². The zero-order valence-corrected chi connectivity index (χ0v) is 16.2. The molecule has 0 heterocycles. The molecule has 0 unspecified atom stereocenters. The summed E-state index contributed by atoms with van der Waals surface area (Å²) in [5, 5.41) is 15.4. The van der Waals surface area contributed by atoms with Crippen molar-refractivity contribution in [2.24, 2.45) is 0 Å². The van der Waals surface area contributed by atoms with Crippen molar-refractivity contribution in [1.29, 1.82) is 0 Å². The second-order valence-corrected chi connectivity index (χ2v) is 6.55. The summed E-state index contributed by atoms with van der Waals surface area (Å²) in [5.41, 5.74) is 1.60. The van der Waals surface area contributed by atoms with E-state index in [1.54, 1.807) is 49.4 Å². The zero-order chi connectivity index (χ0) is 19.8. The Morgan fingerprint density at radius 3 is 2.59 bits per heavy atom. The maximum Gasteiger partial charge on any atom is 0.340 e. The van der Waals surface area contributed by atoms with Gasteiger partial charge in [0.25, 0.3) is 5.91 Å². The second-order valence-electron chi connectivity index (χ2n) is 5.73. The molecule has 1 atom stereocenters. The Hall–Kier alpha value is -2.28. The second kappa shape index (κ2) is 10.2. The molecule has 2 rings (SSSR count). The Kier molecular flexibility index (Phi) is 7.91. The molecular formula is C19H20Cl2N2O4. The molecule has 0 fully saturated rings. The van der Waals surface area contributed by atoms with Gasteiger partial charge in [-0.05, 0) is 36.8 Å². The highest BCUT2D eigenvalue weighted by atomic mass is 35.5. The number of aliphatic hydroxyl groups is 1. The van der Waals surface area contributed by atoms with Gasteiger partial charge in [-0.15, -0.1) is 0 Å². The first-order chi connectivity index (χ1) is 12.9. The number of amides is 1. The van der Waals surface area contributed by atoms with Crippen LogP contribution < -0.4 is 10.6 Å². The minimum atomic E-state index is -0.631. The van der Waals surface area contributed by atoms with E-state index >= 15 is 0 Å². The molecule has 1 amide bonds. The standard InChI is InChI=1S/C19H20Cl2N2O4/c1-12(13-6-7-15(20)16(21)10-13)23-18(25)11-27-19(26)14-4-2-3-5-17(14)22-8-9-24/h2-7,10,12,22,24H,8-9,11H2,1H3,(H,23,25)/t12-/m1/s1. The molecule has 0 radical (unpaired) electrons. The molecule has 144 valence electrons. The van der Waals surface area contributed by atoms with E-state index in [9.17, 15) is 9.59 Å². The summed E-state index contributed by atoms with van der Waals surface area (Å²) < 4.78 is 5.09. The van der Waals surface area contributed by atoms with Crippen molar-refractivity contribution >= 4 is 40.8 Å². The minimum absolute atomic E-state index is 0.0710. The lowest BCUT2D eigenvalue weighted by molar-refractivity contribution is -0.124. The monoisotopic (exact) mass is 410 g/mol. The van der Waals surface area contributed by atoms with Gasteiger partial charge in [0.05, 0.1) is 28.3 Å². The first kappa shape index (κ1) is 21.0. The molecule has 8 heteroatoms. The van der Waals surface area contributed by atoms with E-state index in [4.69, 9.17) is 33.0 Å². The maximum absolute atomic E-state index is 12.2. The predicted molar refractivity (Wildman–Crippen MR) is 105 cm³/mol. The number of ether oxygens (including phenoxy) is 1. The van der Waals surface area contributed by atoms with Crippen LogP contribution in [-0.2, 0) is 9.53 Å². The van der Waals surface area contributed by atoms with Gasteiger partial charge >= 0.3 is 5.97 Å². The summed E-state index contributed by atoms with van der Waals surface area (Å²) in [7, 11) is 0. The topological polar surface area (TPSA) is 87.7 Å². The van der Waals surface area contributed by atoms with Crippen LogP contribution >= 0.6 is 23.2 Å². The lowest BCUT2D eigenvalue weighted by Gasteiger charge is -2.15. The molecule has 0 saturated heterocycles. The summed E-state index contributed by atoms with van der Waals surface area (Å²) in [4.78, 5) is 24.3. The summed E-state index contributed by atoms with van der Waals surface area (Å²) in [6, 6.07) is 11.5. The SMILES string of the molecule is C[C@@H](NC(=O)COC(=O)c1ccccc1NCCO)c1ccc(Cl)c(Cl)c1. The van der Waals surface area contributed by atoms with Crippen molar-refractivity contribution in [3.8, 4) is 0 Å². The number of carbonyl (C=O) groups excluding carboxylic acids is 2. The molecule has 0 saturated carbocycles. The van der Waals surface area contributed by atoms with Crippen molar-refractivity contribution in [2.45, 2.75) is 13.0 Å². The fraction of sp³-hybridized carbons (Fsp3) is 0.263. The van der Waals surface area contributed by atoms with E-state index < -0.39 is 18.5 Å². The number of esters is 1. The van der Waals surface area contributed by atoms with Gasteiger partial charge in [-0.3, -0.25) is 4.79 Å². The van der Waals surface area contributed by atoms with Crippen LogP contribution in [0.2, 0.25) is 10.0 Å². The lowest BCUT2D eigenvalue weighted by atomic mass is 10.1. The van der Waals surface area contributed by atoms with Gasteiger partial charge < -0.3 is 20.5 Å². The van der Waals surface area contributed by atoms with E-state index in [0.717, 1.165) is 5.56 Å². The Morgan fingerprint density at radius 2 is 1.89 bits per heavy atom. The maximum atomic E-state index is 12.2. The van der Waals surface area contributed by atoms with Crippen LogP contribution in [0.15, 0.2) is 42.5 Å². The Balaban J connectivity index is 1.91. The highest BCUT2D eigenvalue weighted by molar-refractivity contribution is 6.42.